The van der Waals surface area contributed by atoms with E-state index in [-0.39, 0.29) is 5.91 Å². The van der Waals surface area contributed by atoms with E-state index in [1.807, 2.05) is 29.3 Å². The lowest BCUT2D eigenvalue weighted by atomic mass is 9.96. The Morgan fingerprint density at radius 1 is 0.927 bits per heavy atom. The first-order valence-electron chi connectivity index (χ1n) is 14.5. The number of carbonyl (C=O) groups excluding carboxylic acids is 1. The van der Waals surface area contributed by atoms with Crippen LogP contribution in [0.15, 0.2) is 55.0 Å². The molecule has 6 rings (SSSR count). The first-order chi connectivity index (χ1) is 19.9. The van der Waals surface area contributed by atoms with Gasteiger partial charge in [-0.2, -0.15) is 0 Å². The summed E-state index contributed by atoms with van der Waals surface area (Å²) in [6.45, 7) is 12.7. The molecule has 4 aromatic rings. The van der Waals surface area contributed by atoms with Gasteiger partial charge in [-0.25, -0.2) is 15.0 Å². The quantitative estimate of drug-likeness (QED) is 0.335. The highest BCUT2D eigenvalue weighted by Gasteiger charge is 2.25. The molecule has 0 aliphatic carbocycles. The van der Waals surface area contributed by atoms with Crippen molar-refractivity contribution in [1.29, 1.82) is 0 Å². The Labute approximate surface area is 242 Å². The van der Waals surface area contributed by atoms with Gasteiger partial charge in [-0.3, -0.25) is 9.69 Å². The summed E-state index contributed by atoms with van der Waals surface area (Å²) in [5.41, 5.74) is 7.41. The van der Waals surface area contributed by atoms with E-state index in [9.17, 15) is 4.79 Å². The summed E-state index contributed by atoms with van der Waals surface area (Å²) in [6, 6.07) is 14.5. The minimum atomic E-state index is 0.134. The number of carbonyl (C=O) groups is 1. The number of hydrogen-bond acceptors (Lipinski definition) is 7. The van der Waals surface area contributed by atoms with Gasteiger partial charge in [-0.05, 0) is 71.8 Å². The maximum absolute atomic E-state index is 13.5. The fourth-order valence-electron chi connectivity index (χ4n) is 6.13. The van der Waals surface area contributed by atoms with Gasteiger partial charge in [0.1, 0.15) is 12.1 Å². The lowest BCUT2D eigenvalue weighted by Crippen LogP contribution is -2.49. The van der Waals surface area contributed by atoms with Crippen molar-refractivity contribution in [2.45, 2.75) is 33.7 Å². The number of pyridine rings is 1. The lowest BCUT2D eigenvalue weighted by molar-refractivity contribution is 0.0623. The van der Waals surface area contributed by atoms with Crippen LogP contribution in [0.3, 0.4) is 0 Å². The molecule has 8 nitrogen and oxygen atoms in total. The average molecular weight is 551 g/mol. The highest BCUT2D eigenvalue weighted by Crippen LogP contribution is 2.33. The fourth-order valence-corrected chi connectivity index (χ4v) is 6.13. The van der Waals surface area contributed by atoms with E-state index in [1.165, 1.54) is 11.1 Å². The molecule has 8 heteroatoms. The third kappa shape index (κ3) is 5.61. The van der Waals surface area contributed by atoms with Crippen molar-refractivity contribution in [2.24, 2.45) is 5.92 Å². The summed E-state index contributed by atoms with van der Waals surface area (Å²) < 4.78 is 5.24. The maximum Gasteiger partial charge on any atom is 0.253 e. The van der Waals surface area contributed by atoms with Crippen molar-refractivity contribution < 1.29 is 9.53 Å². The second-order valence-corrected chi connectivity index (χ2v) is 11.6. The number of benzene rings is 2. The van der Waals surface area contributed by atoms with E-state index >= 15 is 0 Å². The molecule has 0 unspecified atom stereocenters. The standard InChI is InChI=1S/C33H38N6O2/c1-22(2)19-37-11-13-38(14-12-37)33(40)25-6-5-24-9-10-39(20-28(24)16-25)32-29-17-27(15-23(3)31(29)35-21-36-32)26-7-8-30(41-4)34-18-26/h5-8,15-18,21-22H,9-14,19-20H2,1-4H3. The van der Waals surface area contributed by atoms with Crippen molar-refractivity contribution in [3.05, 3.63) is 77.2 Å². The third-order valence-electron chi connectivity index (χ3n) is 8.23. The van der Waals surface area contributed by atoms with Crippen molar-refractivity contribution >= 4 is 22.6 Å². The Kier molecular flexibility index (Phi) is 7.58. The summed E-state index contributed by atoms with van der Waals surface area (Å²) in [7, 11) is 1.62. The first kappa shape index (κ1) is 27.1. The third-order valence-corrected chi connectivity index (χ3v) is 8.23. The smallest absolute Gasteiger partial charge is 0.253 e. The van der Waals surface area contributed by atoms with Crippen LogP contribution in [0.1, 0.15) is 40.9 Å². The van der Waals surface area contributed by atoms with Gasteiger partial charge in [0.05, 0.1) is 12.6 Å². The van der Waals surface area contributed by atoms with Gasteiger partial charge in [0.25, 0.3) is 5.91 Å². The largest absolute Gasteiger partial charge is 0.481 e. The summed E-state index contributed by atoms with van der Waals surface area (Å²) >= 11 is 0. The molecular formula is C33H38N6O2. The SMILES string of the molecule is COc1ccc(-c2cc(C)c3ncnc(N4CCc5ccc(C(=O)N6CCN(CC(C)C)CC6)cc5C4)c3c2)cn1. The van der Waals surface area contributed by atoms with Crippen molar-refractivity contribution in [2.75, 3.05) is 51.3 Å². The van der Waals surface area contributed by atoms with E-state index in [2.05, 4.69) is 64.8 Å². The lowest BCUT2D eigenvalue weighted by Gasteiger charge is -2.36. The van der Waals surface area contributed by atoms with Gasteiger partial charge < -0.3 is 14.5 Å². The molecule has 0 radical (unpaired) electrons. The van der Waals surface area contributed by atoms with Crippen LogP contribution in [0.2, 0.25) is 0 Å². The number of fused-ring (bicyclic) bond motifs is 2. The zero-order chi connectivity index (χ0) is 28.5. The van der Waals surface area contributed by atoms with Crippen molar-refractivity contribution in [1.82, 2.24) is 24.8 Å². The number of piperazine rings is 1. The molecule has 2 aliphatic rings. The van der Waals surface area contributed by atoms with Gasteiger partial charge in [0, 0.05) is 74.6 Å². The number of aromatic nitrogens is 3. The van der Waals surface area contributed by atoms with Crippen LogP contribution in [0.4, 0.5) is 5.82 Å². The summed E-state index contributed by atoms with van der Waals surface area (Å²) in [5, 5.41) is 1.02. The monoisotopic (exact) mass is 550 g/mol. The molecule has 1 fully saturated rings. The molecule has 0 N–H and O–H groups in total. The van der Waals surface area contributed by atoms with E-state index in [0.29, 0.717) is 18.3 Å². The first-order valence-corrected chi connectivity index (χ1v) is 14.5. The minimum Gasteiger partial charge on any atom is -0.481 e. The number of hydrogen-bond donors (Lipinski definition) is 0. The Balaban J connectivity index is 1.25. The Morgan fingerprint density at radius 2 is 1.76 bits per heavy atom. The van der Waals surface area contributed by atoms with Crippen molar-refractivity contribution in [3.8, 4) is 17.0 Å². The van der Waals surface area contributed by atoms with Crippen molar-refractivity contribution in [3.63, 3.8) is 0 Å². The molecule has 2 aromatic carbocycles. The molecule has 2 aromatic heterocycles. The van der Waals surface area contributed by atoms with Gasteiger partial charge in [-0.1, -0.05) is 19.9 Å². The highest BCUT2D eigenvalue weighted by molar-refractivity contribution is 5.96. The molecule has 4 heterocycles. The van der Waals surface area contributed by atoms with E-state index in [4.69, 9.17) is 9.72 Å². The van der Waals surface area contributed by atoms with Crippen LogP contribution in [0.5, 0.6) is 5.88 Å². The predicted molar refractivity (Wildman–Crippen MR) is 162 cm³/mol. The number of anilines is 1. The summed E-state index contributed by atoms with van der Waals surface area (Å²) in [6.07, 6.45) is 4.40. The molecule has 0 saturated carbocycles. The van der Waals surface area contributed by atoms with E-state index < -0.39 is 0 Å². The Bertz CT molecular complexity index is 1560. The van der Waals surface area contributed by atoms with Gasteiger partial charge in [0.15, 0.2) is 0 Å². The molecule has 1 saturated heterocycles. The zero-order valence-electron chi connectivity index (χ0n) is 24.4. The number of amides is 1. The number of rotatable bonds is 6. The molecule has 41 heavy (non-hydrogen) atoms. The van der Waals surface area contributed by atoms with Crippen LogP contribution in [0.25, 0.3) is 22.0 Å². The Morgan fingerprint density at radius 3 is 2.49 bits per heavy atom. The van der Waals surface area contributed by atoms with Crippen LogP contribution in [-0.4, -0.2) is 77.0 Å². The average Bonchev–Trinajstić information content (AvgIpc) is 3.00. The summed E-state index contributed by atoms with van der Waals surface area (Å²) in [4.78, 5) is 34.0. The van der Waals surface area contributed by atoms with Crippen LogP contribution in [-0.2, 0) is 13.0 Å². The molecule has 2 aliphatic heterocycles. The molecule has 0 spiro atoms. The molecular weight excluding hydrogens is 512 g/mol. The Hall–Kier alpha value is -4.04. The van der Waals surface area contributed by atoms with Gasteiger partial charge in [0.2, 0.25) is 5.88 Å². The second kappa shape index (κ2) is 11.4. The maximum atomic E-state index is 13.5. The fraction of sp³-hybridized carbons (Fsp3) is 0.394. The summed E-state index contributed by atoms with van der Waals surface area (Å²) in [5.74, 6) is 2.29. The predicted octanol–water partition coefficient (Wildman–Crippen LogP) is 4.99. The topological polar surface area (TPSA) is 74.7 Å². The van der Waals surface area contributed by atoms with E-state index in [1.54, 1.807) is 13.4 Å². The number of nitrogens with zero attached hydrogens (tertiary/aromatic N) is 6. The van der Waals surface area contributed by atoms with Crippen LogP contribution < -0.4 is 9.64 Å². The highest BCUT2D eigenvalue weighted by atomic mass is 16.5. The molecule has 212 valence electrons. The molecule has 1 amide bonds. The zero-order valence-corrected chi connectivity index (χ0v) is 24.4. The number of ether oxygens (including phenoxy) is 1. The van der Waals surface area contributed by atoms with Gasteiger partial charge >= 0.3 is 0 Å². The molecule has 0 atom stereocenters. The number of methoxy groups -OCH3 is 1. The normalized spacial score (nSPS) is 15.8. The number of aryl methyl sites for hydroxylation is 1. The van der Waals surface area contributed by atoms with Gasteiger partial charge in [-0.15, -0.1) is 0 Å². The molecule has 0 bridgehead atoms. The van der Waals surface area contributed by atoms with E-state index in [0.717, 1.165) is 84.7 Å². The van der Waals surface area contributed by atoms with Crippen LogP contribution in [0, 0.1) is 12.8 Å². The second-order valence-electron chi connectivity index (χ2n) is 11.6. The minimum absolute atomic E-state index is 0.134. The van der Waals surface area contributed by atoms with Crippen LogP contribution >= 0.6 is 0 Å².